The lowest BCUT2D eigenvalue weighted by molar-refractivity contribution is -0.359. The van der Waals surface area contributed by atoms with Crippen LogP contribution in [-0.4, -0.2) is 140 Å². The van der Waals surface area contributed by atoms with E-state index in [0.29, 0.717) is 12.8 Å². The van der Waals surface area contributed by atoms with Crippen LogP contribution in [0.25, 0.3) is 0 Å². The molecule has 2 aliphatic rings. The first kappa shape index (κ1) is 82.0. The number of amides is 1. The van der Waals surface area contributed by atoms with E-state index >= 15 is 0 Å². The number of aliphatic hydroxyl groups is 8. The molecule has 0 bridgehead atoms. The van der Waals surface area contributed by atoms with Crippen molar-refractivity contribution in [3.05, 3.63) is 48.6 Å². The molecule has 0 spiro atoms. The van der Waals surface area contributed by atoms with Crippen LogP contribution in [0, 0.1) is 0 Å². The number of nitrogens with one attached hydrogen (secondary N) is 1. The molecule has 0 saturated carbocycles. The van der Waals surface area contributed by atoms with Gasteiger partial charge in [-0.1, -0.05) is 300 Å². The van der Waals surface area contributed by atoms with Gasteiger partial charge in [0.15, 0.2) is 12.6 Å². The van der Waals surface area contributed by atoms with Crippen molar-refractivity contribution in [1.82, 2.24) is 5.32 Å². The van der Waals surface area contributed by atoms with Crippen LogP contribution < -0.4 is 5.32 Å². The lowest BCUT2D eigenvalue weighted by Crippen LogP contribution is -2.65. The minimum Gasteiger partial charge on any atom is -0.394 e. The first-order chi connectivity index (χ1) is 43.1. The number of aliphatic hydroxyl groups excluding tert-OH is 8. The summed E-state index contributed by atoms with van der Waals surface area (Å²) in [6.45, 7) is 2.78. The minimum atomic E-state index is -1.79. The van der Waals surface area contributed by atoms with Crippen LogP contribution in [0.3, 0.4) is 0 Å². The average molecular weight is 1250 g/mol. The Bertz CT molecular complexity index is 1660. The predicted molar refractivity (Wildman–Crippen MR) is 360 cm³/mol. The Labute approximate surface area is 537 Å². The SMILES string of the molecule is CCCCCCC/C=C\C/C=C\CCCCCCCCCCCCCCCCCCCCCCCCCCCCCCCC(=O)NC(COC1OC(CO)C(OC2OC(CO)C(O)C(O)C2O)C(O)C1O)C(O)/C=C/CC/C=C/CCCCCCCCC. The van der Waals surface area contributed by atoms with E-state index in [1.807, 2.05) is 6.08 Å². The van der Waals surface area contributed by atoms with Gasteiger partial charge in [0.2, 0.25) is 5.91 Å². The number of allylic oxidation sites excluding steroid dienone is 7. The molecular weight excluding hydrogens is 1110 g/mol. The smallest absolute Gasteiger partial charge is 0.220 e. The third kappa shape index (κ3) is 42.2. The van der Waals surface area contributed by atoms with E-state index in [2.05, 4.69) is 55.6 Å². The molecule has 12 atom stereocenters. The second kappa shape index (κ2) is 58.7. The standard InChI is InChI=1S/C74H137NO13/c1-3-5-7-9-11-13-15-17-18-19-20-21-22-23-24-25-26-27-28-29-30-31-32-33-34-35-36-37-38-39-40-41-42-43-44-46-48-50-52-54-56-58-66(79)75-62(63(78)57-55-53-51-49-47-45-16-14-12-10-8-6-4-2)61-85-73-71(84)69(82)72(65(60-77)87-73)88-74-70(83)68(81)67(80)64(59-76)86-74/h15,17,19-20,47,49,55,57,62-65,67-74,76-78,80-84H,3-14,16,18,21-46,48,50-54,56,58-61H2,1-2H3,(H,75,79)/b17-15-,20-19-,49-47+,57-55+. The van der Waals surface area contributed by atoms with Crippen LogP contribution in [0.1, 0.15) is 322 Å². The lowest BCUT2D eigenvalue weighted by Gasteiger charge is -2.46. The second-order valence-corrected chi connectivity index (χ2v) is 26.1. The van der Waals surface area contributed by atoms with Gasteiger partial charge in [0.25, 0.3) is 0 Å². The Morgan fingerprint density at radius 2 is 0.761 bits per heavy atom. The number of carbonyl (C=O) groups excluding carboxylic acids is 1. The van der Waals surface area contributed by atoms with Crippen molar-refractivity contribution in [2.75, 3.05) is 19.8 Å². The molecule has 14 heteroatoms. The quantitative estimate of drug-likeness (QED) is 0.0204. The van der Waals surface area contributed by atoms with E-state index < -0.39 is 86.8 Å². The van der Waals surface area contributed by atoms with Crippen molar-refractivity contribution < 1.29 is 64.6 Å². The Kier molecular flexibility index (Phi) is 54.8. The van der Waals surface area contributed by atoms with Gasteiger partial charge in [-0.3, -0.25) is 4.79 Å². The third-order valence-electron chi connectivity index (χ3n) is 18.0. The first-order valence-electron chi connectivity index (χ1n) is 36.9. The molecular formula is C74H137NO13. The van der Waals surface area contributed by atoms with E-state index in [-0.39, 0.29) is 18.9 Å². The molecule has 0 aliphatic carbocycles. The largest absolute Gasteiger partial charge is 0.394 e. The summed E-state index contributed by atoms with van der Waals surface area (Å²) in [5.74, 6) is -0.245. The molecule has 2 fully saturated rings. The summed E-state index contributed by atoms with van der Waals surface area (Å²) >= 11 is 0. The van der Waals surface area contributed by atoms with E-state index in [1.54, 1.807) is 6.08 Å². The maximum Gasteiger partial charge on any atom is 0.220 e. The summed E-state index contributed by atoms with van der Waals surface area (Å²) in [6, 6.07) is -0.929. The van der Waals surface area contributed by atoms with Gasteiger partial charge in [0.1, 0.15) is 48.8 Å². The summed E-state index contributed by atoms with van der Waals surface area (Å²) < 4.78 is 22.8. The molecule has 0 aromatic heterocycles. The van der Waals surface area contributed by atoms with Gasteiger partial charge in [0, 0.05) is 6.42 Å². The molecule has 2 aliphatic heterocycles. The maximum absolute atomic E-state index is 13.3. The van der Waals surface area contributed by atoms with Gasteiger partial charge in [-0.05, 0) is 64.2 Å². The van der Waals surface area contributed by atoms with Gasteiger partial charge < -0.3 is 65.1 Å². The molecule has 9 N–H and O–H groups in total. The fraction of sp³-hybridized carbons (Fsp3) is 0.878. The summed E-state index contributed by atoms with van der Waals surface area (Å²) in [4.78, 5) is 13.3. The van der Waals surface area contributed by atoms with Crippen LogP contribution >= 0.6 is 0 Å². The Balaban J connectivity index is 1.52. The van der Waals surface area contributed by atoms with Crippen molar-refractivity contribution in [3.8, 4) is 0 Å². The molecule has 0 radical (unpaired) electrons. The molecule has 0 aromatic carbocycles. The monoisotopic (exact) mass is 1250 g/mol. The molecule has 2 heterocycles. The highest BCUT2D eigenvalue weighted by molar-refractivity contribution is 5.76. The number of rotatable bonds is 61. The van der Waals surface area contributed by atoms with Crippen molar-refractivity contribution in [2.24, 2.45) is 0 Å². The Hall–Kier alpha value is -2.05. The van der Waals surface area contributed by atoms with Crippen molar-refractivity contribution >= 4 is 5.91 Å². The zero-order valence-electron chi connectivity index (χ0n) is 56.2. The molecule has 516 valence electrons. The highest BCUT2D eigenvalue weighted by Gasteiger charge is 2.51. The van der Waals surface area contributed by atoms with Gasteiger partial charge in [-0.2, -0.15) is 0 Å². The number of hydrogen-bond donors (Lipinski definition) is 9. The van der Waals surface area contributed by atoms with E-state index in [0.717, 1.165) is 38.5 Å². The predicted octanol–water partition coefficient (Wildman–Crippen LogP) is 15.5. The summed E-state index contributed by atoms with van der Waals surface area (Å²) in [5.41, 5.74) is 0. The summed E-state index contributed by atoms with van der Waals surface area (Å²) in [7, 11) is 0. The molecule has 0 aromatic rings. The Morgan fingerprint density at radius 1 is 0.409 bits per heavy atom. The molecule has 2 saturated heterocycles. The zero-order valence-corrected chi connectivity index (χ0v) is 56.2. The molecule has 2 rings (SSSR count). The van der Waals surface area contributed by atoms with E-state index in [1.165, 1.54) is 250 Å². The maximum atomic E-state index is 13.3. The molecule has 1 amide bonds. The fourth-order valence-electron chi connectivity index (χ4n) is 12.1. The normalized spacial score (nSPS) is 23.4. The summed E-state index contributed by atoms with van der Waals surface area (Å²) in [6.07, 6.45) is 60.8. The zero-order chi connectivity index (χ0) is 63.8. The molecule has 12 unspecified atom stereocenters. The average Bonchev–Trinajstić information content (AvgIpc) is 2.45. The van der Waals surface area contributed by atoms with Crippen LogP contribution in [0.2, 0.25) is 0 Å². The lowest BCUT2D eigenvalue weighted by atomic mass is 9.97. The van der Waals surface area contributed by atoms with Gasteiger partial charge in [-0.15, -0.1) is 0 Å². The van der Waals surface area contributed by atoms with Crippen LogP contribution in [0.15, 0.2) is 48.6 Å². The number of hydrogen-bond acceptors (Lipinski definition) is 13. The Morgan fingerprint density at radius 3 is 1.18 bits per heavy atom. The fourth-order valence-corrected chi connectivity index (χ4v) is 12.1. The number of ether oxygens (including phenoxy) is 4. The second-order valence-electron chi connectivity index (χ2n) is 26.1. The number of carbonyl (C=O) groups is 1. The minimum absolute atomic E-state index is 0.245. The van der Waals surface area contributed by atoms with Gasteiger partial charge >= 0.3 is 0 Å². The van der Waals surface area contributed by atoms with Gasteiger partial charge in [-0.25, -0.2) is 0 Å². The number of unbranched alkanes of at least 4 members (excludes halogenated alkanes) is 42. The van der Waals surface area contributed by atoms with Crippen LogP contribution in [0.4, 0.5) is 0 Å². The molecule has 88 heavy (non-hydrogen) atoms. The van der Waals surface area contributed by atoms with E-state index in [4.69, 9.17) is 18.9 Å². The highest BCUT2D eigenvalue weighted by atomic mass is 16.7. The third-order valence-corrected chi connectivity index (χ3v) is 18.0. The summed E-state index contributed by atoms with van der Waals surface area (Å²) in [5, 5.41) is 87.2. The van der Waals surface area contributed by atoms with E-state index in [9.17, 15) is 45.6 Å². The highest BCUT2D eigenvalue weighted by Crippen LogP contribution is 2.30. The van der Waals surface area contributed by atoms with Gasteiger partial charge in [0.05, 0.1) is 32.0 Å². The molecule has 14 nitrogen and oxygen atoms in total. The first-order valence-corrected chi connectivity index (χ1v) is 36.9. The van der Waals surface area contributed by atoms with Crippen molar-refractivity contribution in [1.29, 1.82) is 0 Å². The van der Waals surface area contributed by atoms with Crippen LogP contribution in [-0.2, 0) is 23.7 Å². The van der Waals surface area contributed by atoms with Crippen molar-refractivity contribution in [3.63, 3.8) is 0 Å². The topological polar surface area (TPSA) is 228 Å². The van der Waals surface area contributed by atoms with Crippen LogP contribution in [0.5, 0.6) is 0 Å². The van der Waals surface area contributed by atoms with Crippen molar-refractivity contribution in [2.45, 2.75) is 396 Å².